The van der Waals surface area contributed by atoms with E-state index >= 15 is 0 Å². The van der Waals surface area contributed by atoms with Crippen molar-refractivity contribution in [2.24, 2.45) is 0 Å². The Morgan fingerprint density at radius 1 is 0.214 bits per heavy atom. The first-order chi connectivity index (χ1) is 27.8. The van der Waals surface area contributed by atoms with Crippen molar-refractivity contribution in [2.75, 3.05) is 0 Å². The van der Waals surface area contributed by atoms with Crippen molar-refractivity contribution in [2.45, 2.75) is 0 Å². The van der Waals surface area contributed by atoms with Crippen molar-refractivity contribution in [3.05, 3.63) is 218 Å². The molecule has 262 valence electrons. The van der Waals surface area contributed by atoms with Crippen LogP contribution in [0.15, 0.2) is 218 Å². The van der Waals surface area contributed by atoms with E-state index in [9.17, 15) is 0 Å². The maximum Gasteiger partial charge on any atom is 0.0619 e. The highest BCUT2D eigenvalue weighted by molar-refractivity contribution is 6.13. The van der Waals surface area contributed by atoms with E-state index in [4.69, 9.17) is 0 Å². The standard InChI is InChI=1S/C54H36N2/c1-3-18-37(19-4-1)39-22-15-23-40(36-39)42-29-17-31-48(54(42)56-51-34-13-9-26-45(51)46-27-10-14-35-52(46)56)47-30-16-28-41(38-20-5-2-6-21-38)53(47)55-49-32-11-7-24-43(49)44-25-8-12-33-50(44)55/h1-36H. The molecule has 2 heterocycles. The Balaban J connectivity index is 1.30. The van der Waals surface area contributed by atoms with Gasteiger partial charge in [0.1, 0.15) is 0 Å². The molecule has 2 heteroatoms. The van der Waals surface area contributed by atoms with Gasteiger partial charge < -0.3 is 9.13 Å². The minimum Gasteiger partial charge on any atom is -0.308 e. The lowest BCUT2D eigenvalue weighted by atomic mass is 9.90. The van der Waals surface area contributed by atoms with Crippen LogP contribution < -0.4 is 0 Å². The molecule has 11 aromatic rings. The number of para-hydroxylation sites is 6. The van der Waals surface area contributed by atoms with Crippen molar-refractivity contribution >= 4 is 43.6 Å². The monoisotopic (exact) mass is 712 g/mol. The quantitative estimate of drug-likeness (QED) is 0.162. The van der Waals surface area contributed by atoms with E-state index in [-0.39, 0.29) is 0 Å². The summed E-state index contributed by atoms with van der Waals surface area (Å²) in [6.07, 6.45) is 0. The fourth-order valence-electron chi connectivity index (χ4n) is 8.91. The molecular weight excluding hydrogens is 677 g/mol. The fourth-order valence-corrected chi connectivity index (χ4v) is 8.91. The summed E-state index contributed by atoms with van der Waals surface area (Å²) in [7, 11) is 0. The second-order valence-corrected chi connectivity index (χ2v) is 14.5. The predicted octanol–water partition coefficient (Wildman–Crippen LogP) is 14.5. The van der Waals surface area contributed by atoms with Crippen molar-refractivity contribution in [3.8, 4) is 55.9 Å². The number of nitrogens with zero attached hydrogens (tertiary/aromatic N) is 2. The molecule has 0 atom stereocenters. The van der Waals surface area contributed by atoms with Gasteiger partial charge in [-0.25, -0.2) is 0 Å². The Kier molecular flexibility index (Phi) is 7.53. The van der Waals surface area contributed by atoms with Crippen LogP contribution in [0.5, 0.6) is 0 Å². The van der Waals surface area contributed by atoms with Gasteiger partial charge in [-0.2, -0.15) is 0 Å². The molecular formula is C54H36N2. The number of rotatable bonds is 6. The molecule has 0 fully saturated rings. The third kappa shape index (κ3) is 5.04. The largest absolute Gasteiger partial charge is 0.308 e. The molecule has 0 bridgehead atoms. The second kappa shape index (κ2) is 13.2. The number of aromatic nitrogens is 2. The lowest BCUT2D eigenvalue weighted by Crippen LogP contribution is -2.05. The van der Waals surface area contributed by atoms with Crippen LogP contribution in [0, 0.1) is 0 Å². The Morgan fingerprint density at radius 2 is 0.536 bits per heavy atom. The van der Waals surface area contributed by atoms with Gasteiger partial charge in [0.15, 0.2) is 0 Å². The van der Waals surface area contributed by atoms with Gasteiger partial charge in [0, 0.05) is 43.8 Å². The van der Waals surface area contributed by atoms with Gasteiger partial charge in [0.2, 0.25) is 0 Å². The Morgan fingerprint density at radius 3 is 1.00 bits per heavy atom. The molecule has 0 aliphatic heterocycles. The number of fused-ring (bicyclic) bond motifs is 6. The average molecular weight is 713 g/mol. The molecule has 0 radical (unpaired) electrons. The molecule has 0 unspecified atom stereocenters. The molecule has 0 aliphatic carbocycles. The van der Waals surface area contributed by atoms with E-state index in [1.165, 1.54) is 77.0 Å². The molecule has 11 rings (SSSR count). The van der Waals surface area contributed by atoms with Crippen LogP contribution in [0.3, 0.4) is 0 Å². The van der Waals surface area contributed by atoms with Gasteiger partial charge in [-0.3, -0.25) is 0 Å². The van der Waals surface area contributed by atoms with Crippen LogP contribution in [0.4, 0.5) is 0 Å². The zero-order chi connectivity index (χ0) is 37.0. The summed E-state index contributed by atoms with van der Waals surface area (Å²) in [6, 6.07) is 79.6. The zero-order valence-corrected chi connectivity index (χ0v) is 30.7. The molecule has 0 saturated heterocycles. The third-order valence-electron chi connectivity index (χ3n) is 11.3. The molecule has 56 heavy (non-hydrogen) atoms. The van der Waals surface area contributed by atoms with Crippen LogP contribution in [-0.4, -0.2) is 9.13 Å². The summed E-state index contributed by atoms with van der Waals surface area (Å²) in [5, 5.41) is 4.96. The highest BCUT2D eigenvalue weighted by Gasteiger charge is 2.24. The third-order valence-corrected chi connectivity index (χ3v) is 11.3. The summed E-state index contributed by atoms with van der Waals surface area (Å²) in [5.74, 6) is 0. The van der Waals surface area contributed by atoms with Gasteiger partial charge in [-0.15, -0.1) is 0 Å². The van der Waals surface area contributed by atoms with E-state index in [1.807, 2.05) is 0 Å². The van der Waals surface area contributed by atoms with Crippen LogP contribution in [-0.2, 0) is 0 Å². The topological polar surface area (TPSA) is 9.86 Å². The van der Waals surface area contributed by atoms with E-state index in [0.717, 1.165) is 22.5 Å². The average Bonchev–Trinajstić information content (AvgIpc) is 3.79. The maximum atomic E-state index is 2.51. The van der Waals surface area contributed by atoms with Crippen molar-refractivity contribution in [3.63, 3.8) is 0 Å². The molecule has 2 nitrogen and oxygen atoms in total. The van der Waals surface area contributed by atoms with Crippen LogP contribution >= 0.6 is 0 Å². The SMILES string of the molecule is c1ccc(-c2cccc(-c3cccc(-c4cccc(-c5ccccc5)c4-n4c5ccccc5c5ccccc54)c3-n3c4ccccc4c4ccccc43)c2)cc1. The Hall–Kier alpha value is -7.42. The molecule has 2 aromatic heterocycles. The first-order valence-electron chi connectivity index (χ1n) is 19.3. The summed E-state index contributed by atoms with van der Waals surface area (Å²) in [4.78, 5) is 0. The highest BCUT2D eigenvalue weighted by atomic mass is 15.0. The number of hydrogen-bond acceptors (Lipinski definition) is 0. The lowest BCUT2D eigenvalue weighted by Gasteiger charge is -2.23. The predicted molar refractivity (Wildman–Crippen MR) is 237 cm³/mol. The summed E-state index contributed by atoms with van der Waals surface area (Å²) in [6.45, 7) is 0. The van der Waals surface area contributed by atoms with Gasteiger partial charge in [0.05, 0.1) is 33.4 Å². The van der Waals surface area contributed by atoms with Gasteiger partial charge in [0.25, 0.3) is 0 Å². The Labute approximate surface area is 325 Å². The fraction of sp³-hybridized carbons (Fsp3) is 0. The first-order valence-corrected chi connectivity index (χ1v) is 19.3. The van der Waals surface area contributed by atoms with E-state index in [0.29, 0.717) is 0 Å². The first kappa shape index (κ1) is 32.0. The Bertz CT molecular complexity index is 3130. The second-order valence-electron chi connectivity index (χ2n) is 14.5. The normalized spacial score (nSPS) is 11.6. The van der Waals surface area contributed by atoms with E-state index < -0.39 is 0 Å². The number of benzene rings is 9. The van der Waals surface area contributed by atoms with Crippen molar-refractivity contribution in [1.82, 2.24) is 9.13 Å². The molecule has 0 saturated carbocycles. The zero-order valence-electron chi connectivity index (χ0n) is 30.7. The molecule has 0 spiro atoms. The molecule has 0 N–H and O–H groups in total. The highest BCUT2D eigenvalue weighted by Crippen LogP contribution is 2.46. The summed E-state index contributed by atoms with van der Waals surface area (Å²) < 4.78 is 5.01. The van der Waals surface area contributed by atoms with E-state index in [2.05, 4.69) is 228 Å². The van der Waals surface area contributed by atoms with E-state index in [1.54, 1.807) is 0 Å². The van der Waals surface area contributed by atoms with Gasteiger partial charge in [-0.1, -0.05) is 188 Å². The number of hydrogen-bond donors (Lipinski definition) is 0. The minimum absolute atomic E-state index is 1.15. The molecule has 0 amide bonds. The maximum absolute atomic E-state index is 2.51. The molecule has 0 aliphatic rings. The lowest BCUT2D eigenvalue weighted by molar-refractivity contribution is 1.16. The van der Waals surface area contributed by atoms with Crippen molar-refractivity contribution in [1.29, 1.82) is 0 Å². The van der Waals surface area contributed by atoms with Crippen LogP contribution in [0.2, 0.25) is 0 Å². The summed E-state index contributed by atoms with van der Waals surface area (Å²) in [5.41, 5.74) is 16.5. The molecule has 9 aromatic carbocycles. The summed E-state index contributed by atoms with van der Waals surface area (Å²) >= 11 is 0. The van der Waals surface area contributed by atoms with Crippen LogP contribution in [0.1, 0.15) is 0 Å². The smallest absolute Gasteiger partial charge is 0.0619 e. The van der Waals surface area contributed by atoms with Crippen LogP contribution in [0.25, 0.3) is 99.5 Å². The van der Waals surface area contributed by atoms with Crippen molar-refractivity contribution < 1.29 is 0 Å². The van der Waals surface area contributed by atoms with Gasteiger partial charge in [-0.05, 0) is 52.6 Å². The van der Waals surface area contributed by atoms with Gasteiger partial charge >= 0.3 is 0 Å². The minimum atomic E-state index is 1.15.